The highest BCUT2D eigenvalue weighted by Gasteiger charge is 2.23. The molecule has 0 aromatic rings. The Morgan fingerprint density at radius 2 is 2.43 bits per heavy atom. The fourth-order valence-electron chi connectivity index (χ4n) is 1.90. The fourth-order valence-corrected chi connectivity index (χ4v) is 1.90. The van der Waals surface area contributed by atoms with Crippen molar-refractivity contribution >= 4 is 0 Å². The van der Waals surface area contributed by atoms with Crippen LogP contribution in [0.5, 0.6) is 0 Å². The van der Waals surface area contributed by atoms with Crippen LogP contribution >= 0.6 is 0 Å². The van der Waals surface area contributed by atoms with Crippen LogP contribution in [0.15, 0.2) is 0 Å². The van der Waals surface area contributed by atoms with Crippen LogP contribution in [0.3, 0.4) is 0 Å². The summed E-state index contributed by atoms with van der Waals surface area (Å²) in [6.07, 6.45) is 8.82. The first-order valence-electron chi connectivity index (χ1n) is 5.57. The summed E-state index contributed by atoms with van der Waals surface area (Å²) in [6, 6.07) is 0.709. The summed E-state index contributed by atoms with van der Waals surface area (Å²) in [5.74, 6) is 3.45. The van der Waals surface area contributed by atoms with Gasteiger partial charge in [-0.1, -0.05) is 19.3 Å². The van der Waals surface area contributed by atoms with Gasteiger partial charge in [0.15, 0.2) is 0 Å². The van der Waals surface area contributed by atoms with Gasteiger partial charge < -0.3 is 10.1 Å². The monoisotopic (exact) mass is 195 g/mol. The molecule has 1 N–H and O–H groups in total. The van der Waals surface area contributed by atoms with Crippen LogP contribution in [0.2, 0.25) is 0 Å². The smallest absolute Gasteiger partial charge is 0.0688 e. The van der Waals surface area contributed by atoms with Gasteiger partial charge in [0.25, 0.3) is 0 Å². The van der Waals surface area contributed by atoms with Crippen molar-refractivity contribution in [2.24, 2.45) is 5.92 Å². The fraction of sp³-hybridized carbons (Fsp3) is 0.833. The van der Waals surface area contributed by atoms with Crippen molar-refractivity contribution in [3.63, 3.8) is 0 Å². The summed E-state index contributed by atoms with van der Waals surface area (Å²) < 4.78 is 5.36. The van der Waals surface area contributed by atoms with E-state index < -0.39 is 0 Å². The Hall–Kier alpha value is -0.520. The van der Waals surface area contributed by atoms with Crippen LogP contribution in [0.25, 0.3) is 0 Å². The van der Waals surface area contributed by atoms with Gasteiger partial charge in [-0.2, -0.15) is 0 Å². The SMILES string of the molecule is C#CC(CCC)NC(C)C1CCOC1. The highest BCUT2D eigenvalue weighted by atomic mass is 16.5. The zero-order chi connectivity index (χ0) is 10.4. The van der Waals surface area contributed by atoms with Crippen molar-refractivity contribution in [3.05, 3.63) is 0 Å². The lowest BCUT2D eigenvalue weighted by atomic mass is 9.99. The first-order valence-corrected chi connectivity index (χ1v) is 5.57. The number of hydrogen-bond donors (Lipinski definition) is 1. The van der Waals surface area contributed by atoms with Gasteiger partial charge in [-0.05, 0) is 25.7 Å². The minimum atomic E-state index is 0.232. The molecule has 2 nitrogen and oxygen atoms in total. The molecule has 0 aromatic heterocycles. The number of nitrogens with one attached hydrogen (secondary N) is 1. The van der Waals surface area contributed by atoms with Crippen LogP contribution in [0, 0.1) is 18.3 Å². The quantitative estimate of drug-likeness (QED) is 0.675. The Kier molecular flexibility index (Phi) is 5.00. The molecule has 1 aliphatic rings. The maximum atomic E-state index is 5.46. The number of hydrogen-bond acceptors (Lipinski definition) is 2. The number of ether oxygens (including phenoxy) is 1. The van der Waals surface area contributed by atoms with E-state index in [2.05, 4.69) is 25.1 Å². The Morgan fingerprint density at radius 1 is 1.64 bits per heavy atom. The first-order chi connectivity index (χ1) is 6.77. The van der Waals surface area contributed by atoms with Crippen LogP contribution in [0.4, 0.5) is 0 Å². The molecule has 0 bridgehead atoms. The standard InChI is InChI=1S/C12H21NO/c1-4-6-12(5-2)13-10(3)11-7-8-14-9-11/h2,10-13H,4,6-9H2,1,3H3. The van der Waals surface area contributed by atoms with Crippen molar-refractivity contribution in [1.29, 1.82) is 0 Å². The molecule has 0 aliphatic carbocycles. The van der Waals surface area contributed by atoms with E-state index in [9.17, 15) is 0 Å². The van der Waals surface area contributed by atoms with E-state index in [0.717, 1.165) is 32.5 Å². The zero-order valence-corrected chi connectivity index (χ0v) is 9.25. The van der Waals surface area contributed by atoms with Crippen molar-refractivity contribution in [1.82, 2.24) is 5.32 Å². The van der Waals surface area contributed by atoms with Crippen molar-refractivity contribution in [2.75, 3.05) is 13.2 Å². The molecule has 1 heterocycles. The summed E-state index contributed by atoms with van der Waals surface area (Å²) in [6.45, 7) is 6.16. The van der Waals surface area contributed by atoms with Gasteiger partial charge in [-0.15, -0.1) is 6.42 Å². The van der Waals surface area contributed by atoms with E-state index >= 15 is 0 Å². The lowest BCUT2D eigenvalue weighted by Gasteiger charge is -2.23. The van der Waals surface area contributed by atoms with E-state index in [1.807, 2.05) is 0 Å². The van der Waals surface area contributed by atoms with Gasteiger partial charge in [-0.25, -0.2) is 0 Å². The third-order valence-corrected chi connectivity index (χ3v) is 2.91. The molecule has 0 radical (unpaired) electrons. The average molecular weight is 195 g/mol. The lowest BCUT2D eigenvalue weighted by molar-refractivity contribution is 0.177. The molecule has 2 heteroatoms. The number of terminal acetylenes is 1. The largest absolute Gasteiger partial charge is 0.381 e. The van der Waals surface area contributed by atoms with Crippen LogP contribution < -0.4 is 5.32 Å². The molecule has 3 atom stereocenters. The summed E-state index contributed by atoms with van der Waals surface area (Å²) in [4.78, 5) is 0. The third kappa shape index (κ3) is 3.32. The Balaban J connectivity index is 2.30. The van der Waals surface area contributed by atoms with Crippen molar-refractivity contribution in [3.8, 4) is 12.3 Å². The molecule has 3 unspecified atom stereocenters. The molecule has 1 saturated heterocycles. The highest BCUT2D eigenvalue weighted by molar-refractivity contribution is 4.99. The molecule has 0 amide bonds. The van der Waals surface area contributed by atoms with Crippen LogP contribution in [-0.4, -0.2) is 25.3 Å². The van der Waals surface area contributed by atoms with Gasteiger partial charge in [0.05, 0.1) is 12.6 Å². The van der Waals surface area contributed by atoms with E-state index in [1.54, 1.807) is 0 Å². The van der Waals surface area contributed by atoms with Crippen molar-refractivity contribution in [2.45, 2.75) is 45.2 Å². The number of rotatable bonds is 5. The zero-order valence-electron chi connectivity index (χ0n) is 9.25. The van der Waals surface area contributed by atoms with Gasteiger partial charge in [0.2, 0.25) is 0 Å². The molecule has 80 valence electrons. The van der Waals surface area contributed by atoms with Gasteiger partial charge in [0.1, 0.15) is 0 Å². The second-order valence-corrected chi connectivity index (χ2v) is 4.09. The minimum absolute atomic E-state index is 0.232. The molecular weight excluding hydrogens is 174 g/mol. The average Bonchev–Trinajstić information content (AvgIpc) is 2.69. The second kappa shape index (κ2) is 6.06. The maximum absolute atomic E-state index is 5.46. The molecule has 14 heavy (non-hydrogen) atoms. The Morgan fingerprint density at radius 3 is 2.93 bits per heavy atom. The molecule has 1 fully saturated rings. The van der Waals surface area contributed by atoms with E-state index in [4.69, 9.17) is 11.2 Å². The van der Waals surface area contributed by atoms with Crippen LogP contribution in [0.1, 0.15) is 33.1 Å². The molecule has 1 rings (SSSR count). The maximum Gasteiger partial charge on any atom is 0.0688 e. The minimum Gasteiger partial charge on any atom is -0.381 e. The summed E-state index contributed by atoms with van der Waals surface area (Å²) >= 11 is 0. The van der Waals surface area contributed by atoms with E-state index in [-0.39, 0.29) is 6.04 Å². The van der Waals surface area contributed by atoms with E-state index in [1.165, 1.54) is 0 Å². The summed E-state index contributed by atoms with van der Waals surface area (Å²) in [5.41, 5.74) is 0. The van der Waals surface area contributed by atoms with Crippen molar-refractivity contribution < 1.29 is 4.74 Å². The molecule has 1 aliphatic heterocycles. The summed E-state index contributed by atoms with van der Waals surface area (Å²) in [7, 11) is 0. The van der Waals surface area contributed by atoms with Gasteiger partial charge in [0, 0.05) is 12.6 Å². The predicted molar refractivity (Wildman–Crippen MR) is 59.1 cm³/mol. The molecule has 0 aromatic carbocycles. The first kappa shape index (κ1) is 11.6. The topological polar surface area (TPSA) is 21.3 Å². The molecule has 0 spiro atoms. The van der Waals surface area contributed by atoms with Gasteiger partial charge in [-0.3, -0.25) is 0 Å². The lowest BCUT2D eigenvalue weighted by Crippen LogP contribution is -2.40. The molecule has 0 saturated carbocycles. The predicted octanol–water partition coefficient (Wildman–Crippen LogP) is 1.80. The molecular formula is C12H21NO. The summed E-state index contributed by atoms with van der Waals surface area (Å²) in [5, 5.41) is 3.49. The second-order valence-electron chi connectivity index (χ2n) is 4.09. The van der Waals surface area contributed by atoms with Gasteiger partial charge >= 0.3 is 0 Å². The Labute approximate surface area is 87.4 Å². The van der Waals surface area contributed by atoms with E-state index in [0.29, 0.717) is 12.0 Å². The highest BCUT2D eigenvalue weighted by Crippen LogP contribution is 2.17. The van der Waals surface area contributed by atoms with Crippen LogP contribution in [-0.2, 0) is 4.74 Å². The third-order valence-electron chi connectivity index (χ3n) is 2.91. The normalized spacial score (nSPS) is 25.6. The Bertz CT molecular complexity index is 191.